The van der Waals surface area contributed by atoms with Crippen LogP contribution >= 0.6 is 10.7 Å². The van der Waals surface area contributed by atoms with Crippen LogP contribution in [0.2, 0.25) is 0 Å². The van der Waals surface area contributed by atoms with E-state index in [0.717, 1.165) is 0 Å². The number of benzene rings is 1. The van der Waals surface area contributed by atoms with Gasteiger partial charge in [-0.15, -0.1) is 0 Å². The van der Waals surface area contributed by atoms with Crippen molar-refractivity contribution in [2.45, 2.75) is 38.3 Å². The molecule has 0 bridgehead atoms. The van der Waals surface area contributed by atoms with Gasteiger partial charge in [-0.25, -0.2) is 8.42 Å². The molecule has 0 atom stereocenters. The van der Waals surface area contributed by atoms with E-state index in [1.807, 2.05) is 0 Å². The molecule has 0 spiro atoms. The summed E-state index contributed by atoms with van der Waals surface area (Å²) < 4.78 is 64.2. The topological polar surface area (TPSA) is 43.4 Å². The summed E-state index contributed by atoms with van der Waals surface area (Å²) in [5, 5.41) is 0. The van der Waals surface area contributed by atoms with Crippen LogP contribution in [-0.2, 0) is 9.05 Å². The molecule has 0 heterocycles. The lowest BCUT2D eigenvalue weighted by molar-refractivity contribution is -0.139. The van der Waals surface area contributed by atoms with Crippen molar-refractivity contribution in [3.05, 3.63) is 22.8 Å². The Labute approximate surface area is 120 Å². The zero-order valence-electron chi connectivity index (χ0n) is 11.1. The van der Waals surface area contributed by atoms with Crippen molar-refractivity contribution >= 4 is 19.7 Å². The average Bonchev–Trinajstić information content (AvgIpc) is 2.25. The van der Waals surface area contributed by atoms with Crippen molar-refractivity contribution in [2.75, 3.05) is 6.61 Å². The van der Waals surface area contributed by atoms with E-state index in [-0.39, 0.29) is 10.6 Å². The first-order chi connectivity index (χ1) is 8.93. The Morgan fingerprint density at radius 2 is 1.75 bits per heavy atom. The molecular weight excluding hydrogens is 317 g/mol. The summed E-state index contributed by atoms with van der Waals surface area (Å²) in [6.45, 7) is 4.15. The van der Waals surface area contributed by atoms with Gasteiger partial charge in [-0.1, -0.05) is 0 Å². The van der Waals surface area contributed by atoms with E-state index in [9.17, 15) is 21.6 Å². The lowest BCUT2D eigenvalue weighted by atomic mass is 10.1. The fraction of sp³-hybridized carbons (Fsp3) is 0.500. The second-order valence-corrected chi connectivity index (χ2v) is 6.96. The number of alkyl halides is 3. The molecule has 0 saturated heterocycles. The molecular formula is C12H14ClF3O3S. The van der Waals surface area contributed by atoms with Gasteiger partial charge in [-0.2, -0.15) is 13.2 Å². The highest BCUT2D eigenvalue weighted by atomic mass is 35.7. The summed E-state index contributed by atoms with van der Waals surface area (Å²) in [4.78, 5) is -0.0580. The standard InChI is InChI=1S/C12H14ClF3O3S/c1-7-6-10(20(13,17)18)8(2)9(3)11(7)19-5-4-12(14,15)16/h6H,4-5H2,1-3H3. The smallest absolute Gasteiger partial charge is 0.392 e. The van der Waals surface area contributed by atoms with Gasteiger partial charge in [0.2, 0.25) is 0 Å². The van der Waals surface area contributed by atoms with Crippen LogP contribution in [0.1, 0.15) is 23.1 Å². The van der Waals surface area contributed by atoms with Gasteiger partial charge in [0.25, 0.3) is 9.05 Å². The fourth-order valence-corrected chi connectivity index (χ4v) is 3.08. The fourth-order valence-electron chi connectivity index (χ4n) is 1.77. The van der Waals surface area contributed by atoms with Gasteiger partial charge in [0, 0.05) is 10.7 Å². The maximum Gasteiger partial charge on any atom is 0.392 e. The molecule has 0 aliphatic rings. The quantitative estimate of drug-likeness (QED) is 0.787. The third-order valence-corrected chi connectivity index (χ3v) is 4.32. The maximum absolute atomic E-state index is 12.1. The number of hydrogen-bond acceptors (Lipinski definition) is 3. The van der Waals surface area contributed by atoms with E-state index < -0.39 is 28.3 Å². The largest absolute Gasteiger partial charge is 0.493 e. The minimum Gasteiger partial charge on any atom is -0.493 e. The summed E-state index contributed by atoms with van der Waals surface area (Å²) in [7, 11) is 1.40. The second-order valence-electron chi connectivity index (χ2n) is 4.42. The number of halogens is 4. The number of ether oxygens (including phenoxy) is 1. The van der Waals surface area contributed by atoms with Gasteiger partial charge < -0.3 is 4.74 Å². The van der Waals surface area contributed by atoms with Gasteiger partial charge in [0.1, 0.15) is 5.75 Å². The van der Waals surface area contributed by atoms with Crippen LogP contribution in [0.25, 0.3) is 0 Å². The van der Waals surface area contributed by atoms with Crippen LogP contribution in [-0.4, -0.2) is 21.2 Å². The van der Waals surface area contributed by atoms with Crippen molar-refractivity contribution in [2.24, 2.45) is 0 Å². The van der Waals surface area contributed by atoms with E-state index >= 15 is 0 Å². The predicted molar refractivity (Wildman–Crippen MR) is 69.9 cm³/mol. The van der Waals surface area contributed by atoms with Crippen molar-refractivity contribution in [1.29, 1.82) is 0 Å². The third-order valence-electron chi connectivity index (χ3n) is 2.87. The van der Waals surface area contributed by atoms with Gasteiger partial charge >= 0.3 is 6.18 Å². The van der Waals surface area contributed by atoms with Gasteiger partial charge in [0.05, 0.1) is 17.9 Å². The molecule has 1 aromatic carbocycles. The minimum atomic E-state index is -4.30. The van der Waals surface area contributed by atoms with Crippen LogP contribution in [0, 0.1) is 20.8 Å². The first-order valence-corrected chi connectivity index (χ1v) is 7.99. The van der Waals surface area contributed by atoms with Crippen molar-refractivity contribution in [3.8, 4) is 5.75 Å². The Morgan fingerprint density at radius 1 is 1.20 bits per heavy atom. The van der Waals surface area contributed by atoms with Crippen molar-refractivity contribution in [3.63, 3.8) is 0 Å². The van der Waals surface area contributed by atoms with Gasteiger partial charge in [-0.3, -0.25) is 0 Å². The highest BCUT2D eigenvalue weighted by Crippen LogP contribution is 2.33. The van der Waals surface area contributed by atoms with E-state index in [1.54, 1.807) is 13.8 Å². The molecule has 0 radical (unpaired) electrons. The number of rotatable bonds is 4. The van der Waals surface area contributed by atoms with Crippen LogP contribution in [0.3, 0.4) is 0 Å². The summed E-state index contributed by atoms with van der Waals surface area (Å²) in [6.07, 6.45) is -5.36. The molecule has 0 N–H and O–H groups in total. The molecule has 3 nitrogen and oxygen atoms in total. The van der Waals surface area contributed by atoms with Gasteiger partial charge in [-0.05, 0) is 43.5 Å². The molecule has 0 amide bonds. The van der Waals surface area contributed by atoms with Gasteiger partial charge in [0.15, 0.2) is 0 Å². The van der Waals surface area contributed by atoms with E-state index in [4.69, 9.17) is 15.4 Å². The summed E-state index contributed by atoms with van der Waals surface area (Å²) in [6, 6.07) is 1.30. The maximum atomic E-state index is 12.1. The van der Waals surface area contributed by atoms with Crippen LogP contribution in [0.15, 0.2) is 11.0 Å². The highest BCUT2D eigenvalue weighted by molar-refractivity contribution is 8.13. The Kier molecular flexibility index (Phi) is 4.97. The Hall–Kier alpha value is -0.950. The number of aryl methyl sites for hydroxylation is 1. The predicted octanol–water partition coefficient (Wildman–Crippen LogP) is 3.87. The molecule has 114 valence electrons. The van der Waals surface area contributed by atoms with Crippen molar-refractivity contribution < 1.29 is 26.3 Å². The van der Waals surface area contributed by atoms with E-state index in [2.05, 4.69) is 0 Å². The molecule has 1 aromatic rings. The van der Waals surface area contributed by atoms with Crippen LogP contribution < -0.4 is 4.74 Å². The number of hydrogen-bond donors (Lipinski definition) is 0. The molecule has 0 unspecified atom stereocenters. The summed E-state index contributed by atoms with van der Waals surface area (Å²) >= 11 is 0. The molecule has 0 aliphatic heterocycles. The van der Waals surface area contributed by atoms with Crippen molar-refractivity contribution in [1.82, 2.24) is 0 Å². The van der Waals surface area contributed by atoms with E-state index in [1.165, 1.54) is 13.0 Å². The first-order valence-electron chi connectivity index (χ1n) is 5.68. The monoisotopic (exact) mass is 330 g/mol. The molecule has 0 aromatic heterocycles. The molecule has 0 fully saturated rings. The SMILES string of the molecule is Cc1cc(S(=O)(=O)Cl)c(C)c(C)c1OCCC(F)(F)F. The van der Waals surface area contributed by atoms with Crippen LogP contribution in [0.4, 0.5) is 13.2 Å². The zero-order valence-corrected chi connectivity index (χ0v) is 12.7. The average molecular weight is 331 g/mol. The Morgan fingerprint density at radius 3 is 2.20 bits per heavy atom. The second kappa shape index (κ2) is 5.81. The molecule has 0 aliphatic carbocycles. The Balaban J connectivity index is 3.09. The molecule has 8 heteroatoms. The summed E-state index contributed by atoms with van der Waals surface area (Å²) in [5.41, 5.74) is 1.26. The zero-order chi connectivity index (χ0) is 15.7. The normalized spacial score (nSPS) is 12.6. The molecule has 0 saturated carbocycles. The summed E-state index contributed by atoms with van der Waals surface area (Å²) in [5.74, 6) is 0.260. The lowest BCUT2D eigenvalue weighted by Gasteiger charge is -2.16. The lowest BCUT2D eigenvalue weighted by Crippen LogP contribution is -2.14. The third kappa shape index (κ3) is 4.28. The first kappa shape index (κ1) is 17.1. The molecule has 1 rings (SSSR count). The Bertz CT molecular complexity index is 609. The van der Waals surface area contributed by atoms with Crippen LogP contribution in [0.5, 0.6) is 5.75 Å². The highest BCUT2D eigenvalue weighted by Gasteiger charge is 2.27. The minimum absolute atomic E-state index is 0.0580. The van der Waals surface area contributed by atoms with E-state index in [0.29, 0.717) is 16.7 Å². The molecule has 20 heavy (non-hydrogen) atoms.